The first-order valence-corrected chi connectivity index (χ1v) is 9.66. The third kappa shape index (κ3) is 4.18. The molecule has 6 heteroatoms. The predicted molar refractivity (Wildman–Crippen MR) is 89.1 cm³/mol. The highest BCUT2D eigenvalue weighted by atomic mass is 32.2. The largest absolute Gasteiger partial charge is 0.349 e. The zero-order chi connectivity index (χ0) is 16.2. The van der Waals surface area contributed by atoms with Gasteiger partial charge < -0.3 is 5.32 Å². The molecule has 0 saturated carbocycles. The molecule has 1 atom stereocenters. The van der Waals surface area contributed by atoms with E-state index in [1.54, 1.807) is 30.4 Å². The van der Waals surface area contributed by atoms with E-state index < -0.39 is 9.84 Å². The Bertz CT molecular complexity index is 719. The van der Waals surface area contributed by atoms with Gasteiger partial charge in [-0.25, -0.2) is 8.42 Å². The third-order valence-electron chi connectivity index (χ3n) is 3.36. The van der Waals surface area contributed by atoms with Gasteiger partial charge in [0.05, 0.1) is 10.6 Å². The summed E-state index contributed by atoms with van der Waals surface area (Å²) in [5.74, 6) is -0.140. The Hall–Kier alpha value is -1.66. The molecule has 1 aromatic carbocycles. The Morgan fingerprint density at radius 2 is 1.91 bits per heavy atom. The molecule has 4 nitrogen and oxygen atoms in total. The van der Waals surface area contributed by atoms with E-state index in [2.05, 4.69) is 10.7 Å². The topological polar surface area (TPSA) is 63.2 Å². The van der Waals surface area contributed by atoms with E-state index >= 15 is 0 Å². The van der Waals surface area contributed by atoms with Crippen molar-refractivity contribution in [1.82, 2.24) is 5.32 Å². The van der Waals surface area contributed by atoms with Gasteiger partial charge in [0.25, 0.3) is 5.91 Å². The molecule has 0 radical (unpaired) electrons. The van der Waals surface area contributed by atoms with Crippen LogP contribution in [0.4, 0.5) is 0 Å². The first-order chi connectivity index (χ1) is 10.4. The first-order valence-electron chi connectivity index (χ1n) is 7.07. The van der Waals surface area contributed by atoms with Crippen LogP contribution in [0.25, 0.3) is 0 Å². The lowest BCUT2D eigenvalue weighted by atomic mass is 10.1. The van der Waals surface area contributed by atoms with Gasteiger partial charge in [-0.3, -0.25) is 4.79 Å². The molecule has 1 heterocycles. The molecule has 1 amide bonds. The summed E-state index contributed by atoms with van der Waals surface area (Å²) in [6, 6.07) is 8.12. The molecule has 0 spiro atoms. The van der Waals surface area contributed by atoms with Crippen molar-refractivity contribution in [2.75, 3.05) is 5.75 Å². The number of sulfone groups is 1. The molecule has 1 N–H and O–H groups in total. The SMILES string of the molecule is CCS(=O)(=O)c1ccc(C(=O)N[C@H](C)Cc2ccsc2)cc1. The van der Waals surface area contributed by atoms with E-state index in [1.165, 1.54) is 17.7 Å². The minimum Gasteiger partial charge on any atom is -0.349 e. The van der Waals surface area contributed by atoms with E-state index in [4.69, 9.17) is 0 Å². The summed E-state index contributed by atoms with van der Waals surface area (Å²) in [5.41, 5.74) is 1.66. The Balaban J connectivity index is 2.01. The van der Waals surface area contributed by atoms with Crippen molar-refractivity contribution in [3.05, 3.63) is 52.2 Å². The Morgan fingerprint density at radius 3 is 2.45 bits per heavy atom. The molecule has 0 bridgehead atoms. The first kappa shape index (κ1) is 16.7. The number of nitrogens with one attached hydrogen (secondary N) is 1. The van der Waals surface area contributed by atoms with Crippen molar-refractivity contribution in [2.24, 2.45) is 0 Å². The van der Waals surface area contributed by atoms with Crippen LogP contribution in [-0.4, -0.2) is 26.1 Å². The lowest BCUT2D eigenvalue weighted by molar-refractivity contribution is 0.0940. The molecule has 22 heavy (non-hydrogen) atoms. The van der Waals surface area contributed by atoms with E-state index in [0.717, 1.165) is 6.42 Å². The number of amides is 1. The number of carbonyl (C=O) groups excluding carboxylic acids is 1. The van der Waals surface area contributed by atoms with Crippen molar-refractivity contribution in [3.8, 4) is 0 Å². The van der Waals surface area contributed by atoms with Gasteiger partial charge in [-0.05, 0) is 60.0 Å². The van der Waals surface area contributed by atoms with Gasteiger partial charge in [0.15, 0.2) is 9.84 Å². The highest BCUT2D eigenvalue weighted by Gasteiger charge is 2.14. The maximum atomic E-state index is 12.2. The monoisotopic (exact) mass is 337 g/mol. The van der Waals surface area contributed by atoms with Crippen LogP contribution in [0.5, 0.6) is 0 Å². The van der Waals surface area contributed by atoms with Crippen LogP contribution in [0.3, 0.4) is 0 Å². The summed E-state index contributed by atoms with van der Waals surface area (Å²) < 4.78 is 23.5. The second kappa shape index (κ2) is 7.07. The molecule has 118 valence electrons. The summed E-state index contributed by atoms with van der Waals surface area (Å²) in [5, 5.41) is 7.00. The minimum absolute atomic E-state index is 0.0150. The zero-order valence-electron chi connectivity index (χ0n) is 12.6. The van der Waals surface area contributed by atoms with E-state index in [9.17, 15) is 13.2 Å². The number of carbonyl (C=O) groups is 1. The average molecular weight is 337 g/mol. The lowest BCUT2D eigenvalue weighted by Crippen LogP contribution is -2.33. The van der Waals surface area contributed by atoms with Gasteiger partial charge in [0, 0.05) is 11.6 Å². The van der Waals surface area contributed by atoms with Crippen molar-refractivity contribution in [3.63, 3.8) is 0 Å². The fourth-order valence-electron chi connectivity index (χ4n) is 2.10. The minimum atomic E-state index is -3.23. The average Bonchev–Trinajstić information content (AvgIpc) is 3.00. The van der Waals surface area contributed by atoms with Crippen molar-refractivity contribution in [1.29, 1.82) is 0 Å². The van der Waals surface area contributed by atoms with Gasteiger partial charge in [-0.2, -0.15) is 11.3 Å². The van der Waals surface area contributed by atoms with Gasteiger partial charge in [-0.15, -0.1) is 0 Å². The molecule has 0 aliphatic rings. The smallest absolute Gasteiger partial charge is 0.251 e. The quantitative estimate of drug-likeness (QED) is 0.881. The fourth-order valence-corrected chi connectivity index (χ4v) is 3.67. The predicted octanol–water partition coefficient (Wildman–Crippen LogP) is 2.90. The fraction of sp³-hybridized carbons (Fsp3) is 0.312. The van der Waals surface area contributed by atoms with Gasteiger partial charge >= 0.3 is 0 Å². The standard InChI is InChI=1S/C16H19NO3S2/c1-3-22(19,20)15-6-4-14(5-7-15)16(18)17-12(2)10-13-8-9-21-11-13/h4-9,11-12H,3,10H2,1-2H3,(H,17,18)/t12-/m1/s1. The number of hydrogen-bond donors (Lipinski definition) is 1. The molecule has 2 rings (SSSR count). The van der Waals surface area contributed by atoms with Crippen LogP contribution < -0.4 is 5.32 Å². The van der Waals surface area contributed by atoms with Gasteiger partial charge in [0.2, 0.25) is 0 Å². The van der Waals surface area contributed by atoms with Gasteiger partial charge in [-0.1, -0.05) is 6.92 Å². The number of benzene rings is 1. The van der Waals surface area contributed by atoms with E-state index in [-0.39, 0.29) is 22.6 Å². The molecular formula is C16H19NO3S2. The Kier molecular flexibility index (Phi) is 5.37. The number of rotatable bonds is 6. The Labute approximate surface area is 135 Å². The molecule has 0 unspecified atom stereocenters. The molecule has 0 aliphatic heterocycles. The van der Waals surface area contributed by atoms with Gasteiger partial charge in [0.1, 0.15) is 0 Å². The zero-order valence-corrected chi connectivity index (χ0v) is 14.2. The highest BCUT2D eigenvalue weighted by Crippen LogP contribution is 2.13. The third-order valence-corrected chi connectivity index (χ3v) is 5.84. The van der Waals surface area contributed by atoms with Crippen LogP contribution >= 0.6 is 11.3 Å². The number of thiophene rings is 1. The molecular weight excluding hydrogens is 318 g/mol. The van der Waals surface area contributed by atoms with Crippen molar-refractivity contribution >= 4 is 27.1 Å². The maximum absolute atomic E-state index is 12.2. The van der Waals surface area contributed by atoms with E-state index in [0.29, 0.717) is 5.56 Å². The Morgan fingerprint density at radius 1 is 1.23 bits per heavy atom. The summed E-state index contributed by atoms with van der Waals surface area (Å²) in [6.45, 7) is 3.55. The second-order valence-corrected chi connectivity index (χ2v) is 8.20. The number of hydrogen-bond acceptors (Lipinski definition) is 4. The van der Waals surface area contributed by atoms with E-state index in [1.807, 2.05) is 18.4 Å². The van der Waals surface area contributed by atoms with Crippen LogP contribution in [-0.2, 0) is 16.3 Å². The van der Waals surface area contributed by atoms with Crippen molar-refractivity contribution < 1.29 is 13.2 Å². The molecule has 0 aliphatic carbocycles. The highest BCUT2D eigenvalue weighted by molar-refractivity contribution is 7.91. The van der Waals surface area contributed by atoms with Crippen LogP contribution in [0.15, 0.2) is 46.0 Å². The van der Waals surface area contributed by atoms with Crippen LogP contribution in [0.2, 0.25) is 0 Å². The molecule has 0 saturated heterocycles. The van der Waals surface area contributed by atoms with Crippen LogP contribution in [0, 0.1) is 0 Å². The molecule has 2 aromatic rings. The normalized spacial score (nSPS) is 12.8. The maximum Gasteiger partial charge on any atom is 0.251 e. The second-order valence-electron chi connectivity index (χ2n) is 5.14. The molecule has 1 aromatic heterocycles. The van der Waals surface area contributed by atoms with Crippen molar-refractivity contribution in [2.45, 2.75) is 31.2 Å². The molecule has 0 fully saturated rings. The van der Waals surface area contributed by atoms with Crippen LogP contribution in [0.1, 0.15) is 29.8 Å². The summed E-state index contributed by atoms with van der Waals surface area (Å²) in [4.78, 5) is 12.4. The lowest BCUT2D eigenvalue weighted by Gasteiger charge is -2.13. The summed E-state index contributed by atoms with van der Waals surface area (Å²) >= 11 is 1.63. The summed E-state index contributed by atoms with van der Waals surface area (Å²) in [6.07, 6.45) is 0.775. The summed E-state index contributed by atoms with van der Waals surface area (Å²) in [7, 11) is -3.23.